The quantitative estimate of drug-likeness (QED) is 0.811. The summed E-state index contributed by atoms with van der Waals surface area (Å²) in [5.41, 5.74) is 5.92. The van der Waals surface area contributed by atoms with E-state index in [1.165, 1.54) is 0 Å². The number of hydrogen-bond donors (Lipinski definition) is 2. The molecule has 0 aromatic heterocycles. The maximum atomic E-state index is 13.6. The molecule has 0 heterocycles. The lowest BCUT2D eigenvalue weighted by Gasteiger charge is -2.11. The van der Waals surface area contributed by atoms with Crippen molar-refractivity contribution in [1.82, 2.24) is 0 Å². The number of rotatable bonds is 3. The summed E-state index contributed by atoms with van der Waals surface area (Å²) in [6.07, 6.45) is 0. The molecule has 0 bridgehead atoms. The Balaban J connectivity index is 2.36. The van der Waals surface area contributed by atoms with E-state index in [9.17, 15) is 13.6 Å². The van der Waals surface area contributed by atoms with Crippen LogP contribution in [-0.2, 0) is 0 Å². The molecule has 2 aromatic rings. The number of hydrogen-bond acceptors (Lipinski definition) is 2. The fourth-order valence-corrected chi connectivity index (χ4v) is 2.22. The molecule has 0 atom stereocenters. The molecule has 2 aromatic carbocycles. The fourth-order valence-electron chi connectivity index (χ4n) is 1.69. The van der Waals surface area contributed by atoms with Crippen molar-refractivity contribution in [3.05, 3.63) is 63.6 Å². The molecule has 0 saturated carbocycles. The maximum absolute atomic E-state index is 13.6. The highest BCUT2D eigenvalue weighted by molar-refractivity contribution is 9.10. The van der Waals surface area contributed by atoms with Gasteiger partial charge in [0.15, 0.2) is 0 Å². The van der Waals surface area contributed by atoms with Crippen LogP contribution in [0, 0.1) is 11.6 Å². The van der Waals surface area contributed by atoms with Crippen molar-refractivity contribution >= 4 is 44.7 Å². The monoisotopic (exact) mass is 370 g/mol. The van der Waals surface area contributed by atoms with Crippen LogP contribution in [-0.4, -0.2) is 10.9 Å². The third-order valence-corrected chi connectivity index (χ3v) is 3.38. The summed E-state index contributed by atoms with van der Waals surface area (Å²) in [6, 6.07) is 7.50. The SMILES string of the molecule is NC(=S)c1cc(Br)ccc1NC(=O)c1cc(F)ccc1F. The predicted octanol–water partition coefficient (Wildman–Crippen LogP) is 3.61. The molecule has 0 unspecified atom stereocenters. The zero-order valence-corrected chi connectivity index (χ0v) is 12.9. The minimum absolute atomic E-state index is 0.0753. The van der Waals surface area contributed by atoms with Gasteiger partial charge in [-0.1, -0.05) is 28.1 Å². The smallest absolute Gasteiger partial charge is 0.258 e. The number of carbonyl (C=O) groups is 1. The summed E-state index contributed by atoms with van der Waals surface area (Å²) >= 11 is 8.16. The van der Waals surface area contributed by atoms with Crippen molar-refractivity contribution in [3.63, 3.8) is 0 Å². The molecule has 0 aliphatic carbocycles. The lowest BCUT2D eigenvalue weighted by molar-refractivity contribution is 0.102. The van der Waals surface area contributed by atoms with Crippen molar-refractivity contribution < 1.29 is 13.6 Å². The topological polar surface area (TPSA) is 55.1 Å². The number of nitrogens with two attached hydrogens (primary N) is 1. The zero-order chi connectivity index (χ0) is 15.6. The molecule has 0 spiro atoms. The molecule has 0 fully saturated rings. The molecule has 1 amide bonds. The molecular weight excluding hydrogens is 362 g/mol. The molecular formula is C14H9BrF2N2OS. The van der Waals surface area contributed by atoms with Gasteiger partial charge < -0.3 is 11.1 Å². The lowest BCUT2D eigenvalue weighted by atomic mass is 10.1. The summed E-state index contributed by atoms with van der Waals surface area (Å²) < 4.78 is 27.4. The van der Waals surface area contributed by atoms with E-state index in [1.54, 1.807) is 18.2 Å². The third-order valence-electron chi connectivity index (χ3n) is 2.67. The number of benzene rings is 2. The number of anilines is 1. The average molecular weight is 371 g/mol. The largest absolute Gasteiger partial charge is 0.389 e. The normalized spacial score (nSPS) is 10.2. The van der Waals surface area contributed by atoms with Gasteiger partial charge in [0.1, 0.15) is 16.6 Å². The Morgan fingerprint density at radius 3 is 2.52 bits per heavy atom. The van der Waals surface area contributed by atoms with Crippen LogP contribution in [0.1, 0.15) is 15.9 Å². The Labute approximate surface area is 133 Å². The van der Waals surface area contributed by atoms with Gasteiger partial charge in [-0.15, -0.1) is 0 Å². The summed E-state index contributed by atoms with van der Waals surface area (Å²) in [5, 5.41) is 2.47. The highest BCUT2D eigenvalue weighted by Crippen LogP contribution is 2.22. The molecule has 3 N–H and O–H groups in total. The van der Waals surface area contributed by atoms with Crippen molar-refractivity contribution in [2.24, 2.45) is 5.73 Å². The Morgan fingerprint density at radius 1 is 1.14 bits per heavy atom. The van der Waals surface area contributed by atoms with E-state index >= 15 is 0 Å². The average Bonchev–Trinajstić information content (AvgIpc) is 2.43. The fraction of sp³-hybridized carbons (Fsp3) is 0. The van der Waals surface area contributed by atoms with Gasteiger partial charge in [0.25, 0.3) is 5.91 Å². The number of halogens is 3. The first-order valence-corrected chi connectivity index (χ1v) is 6.94. The molecule has 108 valence electrons. The second-order valence-electron chi connectivity index (χ2n) is 4.13. The molecule has 0 aliphatic rings. The Kier molecular flexibility index (Phi) is 4.64. The van der Waals surface area contributed by atoms with Gasteiger partial charge in [0, 0.05) is 10.0 Å². The van der Waals surface area contributed by atoms with Crippen LogP contribution < -0.4 is 11.1 Å². The molecule has 2 rings (SSSR count). The first-order chi connectivity index (χ1) is 9.88. The van der Waals surface area contributed by atoms with Crippen molar-refractivity contribution in [2.75, 3.05) is 5.32 Å². The second kappa shape index (κ2) is 6.28. The van der Waals surface area contributed by atoms with Crippen LogP contribution in [0.2, 0.25) is 0 Å². The van der Waals surface area contributed by atoms with Crippen molar-refractivity contribution in [1.29, 1.82) is 0 Å². The Morgan fingerprint density at radius 2 is 1.86 bits per heavy atom. The minimum Gasteiger partial charge on any atom is -0.389 e. The maximum Gasteiger partial charge on any atom is 0.258 e. The predicted molar refractivity (Wildman–Crippen MR) is 84.3 cm³/mol. The zero-order valence-electron chi connectivity index (χ0n) is 10.5. The summed E-state index contributed by atoms with van der Waals surface area (Å²) in [4.78, 5) is 12.1. The van der Waals surface area contributed by atoms with Gasteiger partial charge in [-0.2, -0.15) is 0 Å². The molecule has 21 heavy (non-hydrogen) atoms. The van der Waals surface area contributed by atoms with Crippen molar-refractivity contribution in [3.8, 4) is 0 Å². The number of amides is 1. The van der Waals surface area contributed by atoms with Gasteiger partial charge in [-0.25, -0.2) is 8.78 Å². The minimum atomic E-state index is -0.817. The van der Waals surface area contributed by atoms with Crippen LogP contribution in [0.4, 0.5) is 14.5 Å². The van der Waals surface area contributed by atoms with E-state index in [0.29, 0.717) is 11.3 Å². The number of nitrogens with one attached hydrogen (secondary N) is 1. The molecule has 0 aliphatic heterocycles. The van der Waals surface area contributed by atoms with Crippen molar-refractivity contribution in [2.45, 2.75) is 0 Å². The van der Waals surface area contributed by atoms with E-state index in [1.807, 2.05) is 0 Å². The molecule has 7 heteroatoms. The third kappa shape index (κ3) is 3.62. The van der Waals surface area contributed by atoms with E-state index in [2.05, 4.69) is 21.2 Å². The molecule has 0 saturated heterocycles. The summed E-state index contributed by atoms with van der Waals surface area (Å²) in [5.74, 6) is -2.30. The van der Waals surface area contributed by atoms with Crippen LogP contribution in [0.15, 0.2) is 40.9 Å². The highest BCUT2D eigenvalue weighted by Gasteiger charge is 2.15. The van der Waals surface area contributed by atoms with Crippen LogP contribution in [0.5, 0.6) is 0 Å². The molecule has 0 radical (unpaired) electrons. The highest BCUT2D eigenvalue weighted by atomic mass is 79.9. The van der Waals surface area contributed by atoms with E-state index in [0.717, 1.165) is 22.7 Å². The van der Waals surface area contributed by atoms with E-state index in [-0.39, 0.29) is 4.99 Å². The first-order valence-electron chi connectivity index (χ1n) is 5.74. The van der Waals surface area contributed by atoms with Gasteiger partial charge >= 0.3 is 0 Å². The lowest BCUT2D eigenvalue weighted by Crippen LogP contribution is -2.18. The van der Waals surface area contributed by atoms with E-state index < -0.39 is 23.1 Å². The van der Waals surface area contributed by atoms with Gasteiger partial charge in [-0.3, -0.25) is 4.79 Å². The number of carbonyl (C=O) groups excluding carboxylic acids is 1. The second-order valence-corrected chi connectivity index (χ2v) is 5.49. The number of thiocarbonyl (C=S) groups is 1. The van der Waals surface area contributed by atoms with Gasteiger partial charge in [-0.05, 0) is 36.4 Å². The Hall–Kier alpha value is -1.86. The van der Waals surface area contributed by atoms with Gasteiger partial charge in [0.2, 0.25) is 0 Å². The van der Waals surface area contributed by atoms with E-state index in [4.69, 9.17) is 18.0 Å². The summed E-state index contributed by atoms with van der Waals surface area (Å²) in [7, 11) is 0. The molecule has 3 nitrogen and oxygen atoms in total. The first kappa shape index (κ1) is 15.5. The summed E-state index contributed by atoms with van der Waals surface area (Å²) in [6.45, 7) is 0. The standard InChI is InChI=1S/C14H9BrF2N2OS/c15-7-1-4-12(10(5-7)13(18)21)19-14(20)9-6-8(16)2-3-11(9)17/h1-6H,(H2,18,21)(H,19,20). The van der Waals surface area contributed by atoms with Crippen LogP contribution >= 0.6 is 28.1 Å². The van der Waals surface area contributed by atoms with Gasteiger partial charge in [0.05, 0.1) is 11.3 Å². The Bertz CT molecular complexity index is 737. The van der Waals surface area contributed by atoms with Crippen LogP contribution in [0.3, 0.4) is 0 Å². The van der Waals surface area contributed by atoms with Crippen LogP contribution in [0.25, 0.3) is 0 Å².